The van der Waals surface area contributed by atoms with Gasteiger partial charge in [0, 0.05) is 18.8 Å². The molecule has 1 atom stereocenters. The molecule has 1 aromatic rings. The molecule has 5 heteroatoms. The summed E-state index contributed by atoms with van der Waals surface area (Å²) in [6.45, 7) is 3.27. The predicted molar refractivity (Wildman–Crippen MR) is 76.9 cm³/mol. The van der Waals surface area contributed by atoms with E-state index >= 15 is 0 Å². The second kappa shape index (κ2) is 4.96. The number of aryl methyl sites for hydroxylation is 1. The lowest BCUT2D eigenvalue weighted by Crippen LogP contribution is -2.49. The molecule has 20 heavy (non-hydrogen) atoms. The number of amides is 1. The van der Waals surface area contributed by atoms with Crippen molar-refractivity contribution in [3.8, 4) is 0 Å². The second-order valence-corrected chi connectivity index (χ2v) is 6.13. The van der Waals surface area contributed by atoms with Crippen molar-refractivity contribution in [2.45, 2.75) is 38.6 Å². The molecule has 2 aliphatic rings. The van der Waals surface area contributed by atoms with Crippen molar-refractivity contribution in [1.82, 2.24) is 9.88 Å². The summed E-state index contributed by atoms with van der Waals surface area (Å²) in [6.07, 6.45) is 3.74. The number of hydrogen-bond acceptors (Lipinski definition) is 3. The third-order valence-corrected chi connectivity index (χ3v) is 4.60. The number of hydrogen-bond donors (Lipinski definition) is 2. The number of carboxylic acid groups (broad SMARTS) is 1. The molecule has 3 rings (SSSR count). The van der Waals surface area contributed by atoms with E-state index in [1.807, 2.05) is 25.1 Å². The first-order valence-corrected chi connectivity index (χ1v) is 7.25. The summed E-state index contributed by atoms with van der Waals surface area (Å²) < 4.78 is 0. The van der Waals surface area contributed by atoms with Crippen LogP contribution in [-0.4, -0.2) is 40.2 Å². The van der Waals surface area contributed by atoms with Gasteiger partial charge >= 0.3 is 6.09 Å². The van der Waals surface area contributed by atoms with Crippen molar-refractivity contribution in [3.63, 3.8) is 0 Å². The molecule has 1 amide bonds. The van der Waals surface area contributed by atoms with Gasteiger partial charge in [0.25, 0.3) is 0 Å². The minimum absolute atomic E-state index is 0.0612. The summed E-state index contributed by atoms with van der Waals surface area (Å²) in [5.41, 5.74) is 1.41. The highest BCUT2D eigenvalue weighted by molar-refractivity contribution is 5.65. The first-order chi connectivity index (χ1) is 9.58. The molecule has 2 heterocycles. The molecule has 1 aliphatic carbocycles. The number of nitrogens with one attached hydrogen (secondary N) is 1. The van der Waals surface area contributed by atoms with Crippen LogP contribution < -0.4 is 5.32 Å². The molecular formula is C15H21N3O2. The maximum atomic E-state index is 11.3. The van der Waals surface area contributed by atoms with Gasteiger partial charge in [-0.1, -0.05) is 6.07 Å². The van der Waals surface area contributed by atoms with Crippen LogP contribution in [0.5, 0.6) is 0 Å². The zero-order valence-electron chi connectivity index (χ0n) is 11.8. The van der Waals surface area contributed by atoms with Gasteiger partial charge in [-0.3, -0.25) is 0 Å². The minimum atomic E-state index is -0.801. The van der Waals surface area contributed by atoms with Crippen molar-refractivity contribution in [3.05, 3.63) is 23.9 Å². The molecule has 2 fully saturated rings. The quantitative estimate of drug-likeness (QED) is 0.890. The summed E-state index contributed by atoms with van der Waals surface area (Å²) in [5.74, 6) is 0.825. The number of aromatic nitrogens is 1. The van der Waals surface area contributed by atoms with Crippen LogP contribution in [0.3, 0.4) is 0 Å². The number of rotatable bonds is 3. The zero-order valence-corrected chi connectivity index (χ0v) is 11.8. The summed E-state index contributed by atoms with van der Waals surface area (Å²) in [4.78, 5) is 17.3. The normalized spacial score (nSPS) is 23.6. The van der Waals surface area contributed by atoms with Gasteiger partial charge in [-0.2, -0.15) is 0 Å². The van der Waals surface area contributed by atoms with Crippen LogP contribution in [0, 0.1) is 12.3 Å². The van der Waals surface area contributed by atoms with Crippen LogP contribution in [0.25, 0.3) is 0 Å². The largest absolute Gasteiger partial charge is 0.465 e. The number of nitrogens with zero attached hydrogens (tertiary/aromatic N) is 2. The molecule has 1 aromatic heterocycles. The molecule has 108 valence electrons. The van der Waals surface area contributed by atoms with Crippen molar-refractivity contribution >= 4 is 11.9 Å². The molecule has 1 unspecified atom stereocenters. The van der Waals surface area contributed by atoms with Crippen molar-refractivity contribution in [2.24, 2.45) is 5.41 Å². The topological polar surface area (TPSA) is 65.5 Å². The van der Waals surface area contributed by atoms with E-state index < -0.39 is 6.09 Å². The van der Waals surface area contributed by atoms with Crippen LogP contribution >= 0.6 is 0 Å². The average Bonchev–Trinajstić information content (AvgIpc) is 3.15. The Hall–Kier alpha value is -1.78. The standard InChI is InChI=1S/C15H21N3O2/c1-11-3-2-4-13(17-11)16-10-12-9-15(5-6-15)7-8-18(12)14(19)20/h2-4,12H,5-10H2,1H3,(H,16,17)(H,19,20). The molecular weight excluding hydrogens is 254 g/mol. The van der Waals surface area contributed by atoms with E-state index in [-0.39, 0.29) is 6.04 Å². The van der Waals surface area contributed by atoms with Gasteiger partial charge in [-0.05, 0) is 50.2 Å². The summed E-state index contributed by atoms with van der Waals surface area (Å²) in [5, 5.41) is 12.6. The number of likely N-dealkylation sites (tertiary alicyclic amines) is 1. The number of anilines is 1. The molecule has 0 radical (unpaired) electrons. The van der Waals surface area contributed by atoms with Crippen LogP contribution in [0.4, 0.5) is 10.6 Å². The van der Waals surface area contributed by atoms with Crippen molar-refractivity contribution < 1.29 is 9.90 Å². The predicted octanol–water partition coefficient (Wildman–Crippen LogP) is 2.72. The van der Waals surface area contributed by atoms with Crippen molar-refractivity contribution in [1.29, 1.82) is 0 Å². The van der Waals surface area contributed by atoms with Gasteiger partial charge in [-0.15, -0.1) is 0 Å². The first-order valence-electron chi connectivity index (χ1n) is 7.25. The van der Waals surface area contributed by atoms with Crippen LogP contribution in [0.1, 0.15) is 31.4 Å². The fraction of sp³-hybridized carbons (Fsp3) is 0.600. The number of pyridine rings is 1. The Morgan fingerprint density at radius 2 is 2.30 bits per heavy atom. The van der Waals surface area contributed by atoms with Crippen LogP contribution in [-0.2, 0) is 0 Å². The maximum absolute atomic E-state index is 11.3. The lowest BCUT2D eigenvalue weighted by atomic mass is 9.88. The van der Waals surface area contributed by atoms with Gasteiger partial charge in [0.2, 0.25) is 0 Å². The Morgan fingerprint density at radius 3 is 2.95 bits per heavy atom. The Labute approximate surface area is 119 Å². The number of carbonyl (C=O) groups is 1. The summed E-state index contributed by atoms with van der Waals surface area (Å²) >= 11 is 0. The van der Waals surface area contributed by atoms with E-state index in [0.717, 1.165) is 24.4 Å². The van der Waals surface area contributed by atoms with E-state index in [1.54, 1.807) is 4.90 Å². The minimum Gasteiger partial charge on any atom is -0.465 e. The fourth-order valence-electron chi connectivity index (χ4n) is 3.18. The molecule has 0 bridgehead atoms. The lowest BCUT2D eigenvalue weighted by Gasteiger charge is -2.38. The Morgan fingerprint density at radius 1 is 1.50 bits per heavy atom. The van der Waals surface area contributed by atoms with Gasteiger partial charge in [-0.25, -0.2) is 9.78 Å². The maximum Gasteiger partial charge on any atom is 0.407 e. The Balaban J connectivity index is 1.65. The molecule has 2 N–H and O–H groups in total. The Kier molecular flexibility index (Phi) is 3.28. The highest BCUT2D eigenvalue weighted by atomic mass is 16.4. The van der Waals surface area contributed by atoms with E-state index in [4.69, 9.17) is 0 Å². The molecule has 1 aliphatic heterocycles. The molecule has 0 aromatic carbocycles. The third kappa shape index (κ3) is 2.71. The first kappa shape index (κ1) is 13.2. The van der Waals surface area contributed by atoms with Crippen molar-refractivity contribution in [2.75, 3.05) is 18.4 Å². The highest BCUT2D eigenvalue weighted by Gasteiger charge is 2.48. The van der Waals surface area contributed by atoms with E-state index in [0.29, 0.717) is 18.5 Å². The van der Waals surface area contributed by atoms with E-state index in [2.05, 4.69) is 10.3 Å². The smallest absolute Gasteiger partial charge is 0.407 e. The summed E-state index contributed by atoms with van der Waals surface area (Å²) in [6, 6.07) is 5.90. The van der Waals surface area contributed by atoms with Gasteiger partial charge < -0.3 is 15.3 Å². The number of piperidine rings is 1. The zero-order chi connectivity index (χ0) is 14.2. The monoisotopic (exact) mass is 275 g/mol. The molecule has 1 saturated heterocycles. The summed E-state index contributed by atoms with van der Waals surface area (Å²) in [7, 11) is 0. The van der Waals surface area contributed by atoms with Crippen LogP contribution in [0.2, 0.25) is 0 Å². The fourth-order valence-corrected chi connectivity index (χ4v) is 3.18. The van der Waals surface area contributed by atoms with Crippen LogP contribution in [0.15, 0.2) is 18.2 Å². The van der Waals surface area contributed by atoms with E-state index in [1.165, 1.54) is 12.8 Å². The van der Waals surface area contributed by atoms with Gasteiger partial charge in [0.1, 0.15) is 5.82 Å². The molecule has 5 nitrogen and oxygen atoms in total. The average molecular weight is 275 g/mol. The Bertz CT molecular complexity index is 514. The third-order valence-electron chi connectivity index (χ3n) is 4.60. The molecule has 1 saturated carbocycles. The second-order valence-electron chi connectivity index (χ2n) is 6.13. The lowest BCUT2D eigenvalue weighted by molar-refractivity contribution is 0.0886. The highest BCUT2D eigenvalue weighted by Crippen LogP contribution is 2.55. The SMILES string of the molecule is Cc1cccc(NCC2CC3(CCN2C(=O)O)CC3)n1. The van der Waals surface area contributed by atoms with Gasteiger partial charge in [0.05, 0.1) is 6.04 Å². The van der Waals surface area contributed by atoms with E-state index in [9.17, 15) is 9.90 Å². The van der Waals surface area contributed by atoms with Gasteiger partial charge in [0.15, 0.2) is 0 Å². The molecule has 1 spiro atoms.